The van der Waals surface area contributed by atoms with Crippen molar-refractivity contribution in [2.45, 2.75) is 46.1 Å². The molecule has 6 heteroatoms. The van der Waals surface area contributed by atoms with Crippen molar-refractivity contribution in [1.29, 1.82) is 0 Å². The van der Waals surface area contributed by atoms with Crippen molar-refractivity contribution in [3.8, 4) is 0 Å². The van der Waals surface area contributed by atoms with E-state index in [9.17, 15) is 14.4 Å². The van der Waals surface area contributed by atoms with Crippen LogP contribution in [0.25, 0.3) is 0 Å². The van der Waals surface area contributed by atoms with Gasteiger partial charge in [-0.15, -0.1) is 0 Å². The van der Waals surface area contributed by atoms with Crippen LogP contribution in [0.1, 0.15) is 40.0 Å². The number of carbonyl (C=O) groups is 3. The molecule has 19 heavy (non-hydrogen) atoms. The number of hydrogen-bond acceptors (Lipinski definition) is 3. The Kier molecular flexibility index (Phi) is 4.55. The Labute approximate surface area is 112 Å². The van der Waals surface area contributed by atoms with Crippen LogP contribution in [0, 0.1) is 11.3 Å². The Morgan fingerprint density at radius 1 is 1.42 bits per heavy atom. The maximum absolute atomic E-state index is 12.5. The maximum Gasteiger partial charge on any atom is 0.304 e. The summed E-state index contributed by atoms with van der Waals surface area (Å²) in [5.41, 5.74) is 4.33. The predicted molar refractivity (Wildman–Crippen MR) is 69.1 cm³/mol. The topological polar surface area (TPSA) is 101 Å². The van der Waals surface area contributed by atoms with E-state index in [0.29, 0.717) is 19.4 Å². The summed E-state index contributed by atoms with van der Waals surface area (Å²) < 4.78 is 0. The number of likely N-dealkylation sites (tertiary alicyclic amines) is 1. The summed E-state index contributed by atoms with van der Waals surface area (Å²) >= 11 is 0. The molecule has 0 aromatic rings. The van der Waals surface area contributed by atoms with Crippen molar-refractivity contribution in [2.24, 2.45) is 17.1 Å². The molecule has 0 spiro atoms. The van der Waals surface area contributed by atoms with E-state index in [1.54, 1.807) is 6.92 Å². The van der Waals surface area contributed by atoms with Crippen molar-refractivity contribution in [3.05, 3.63) is 0 Å². The van der Waals surface area contributed by atoms with E-state index in [-0.39, 0.29) is 18.2 Å². The van der Waals surface area contributed by atoms with E-state index >= 15 is 0 Å². The number of hydrogen-bond donors (Lipinski definition) is 2. The third kappa shape index (κ3) is 3.24. The molecule has 0 aliphatic carbocycles. The van der Waals surface area contributed by atoms with Gasteiger partial charge in [0.25, 0.3) is 0 Å². The highest BCUT2D eigenvalue weighted by Gasteiger charge is 2.49. The van der Waals surface area contributed by atoms with Crippen LogP contribution in [-0.2, 0) is 14.4 Å². The van der Waals surface area contributed by atoms with E-state index in [2.05, 4.69) is 0 Å². The number of nitrogens with zero attached hydrogens (tertiary/aromatic N) is 1. The lowest BCUT2D eigenvalue weighted by atomic mass is 9.76. The van der Waals surface area contributed by atoms with E-state index in [1.165, 1.54) is 4.90 Å². The van der Waals surface area contributed by atoms with Crippen LogP contribution in [0.2, 0.25) is 0 Å². The fourth-order valence-corrected chi connectivity index (χ4v) is 2.87. The minimum absolute atomic E-state index is 0.188. The Morgan fingerprint density at radius 2 is 2.00 bits per heavy atom. The molecule has 1 rings (SSSR count). The zero-order chi connectivity index (χ0) is 14.8. The SMILES string of the molecule is CC(C)CC1(CC(=O)O)CCN(C(C)C(N)=O)C1=O. The van der Waals surface area contributed by atoms with Gasteiger partial charge in [0.2, 0.25) is 11.8 Å². The lowest BCUT2D eigenvalue weighted by Gasteiger charge is -2.29. The molecule has 0 aromatic carbocycles. The zero-order valence-corrected chi connectivity index (χ0v) is 11.7. The second-order valence-corrected chi connectivity index (χ2v) is 5.78. The summed E-state index contributed by atoms with van der Waals surface area (Å²) in [4.78, 5) is 36.1. The highest BCUT2D eigenvalue weighted by Crippen LogP contribution is 2.41. The number of aliphatic carboxylic acids is 1. The van der Waals surface area contributed by atoms with Gasteiger partial charge in [-0.3, -0.25) is 14.4 Å². The summed E-state index contributed by atoms with van der Waals surface area (Å²) in [7, 11) is 0. The molecule has 2 atom stereocenters. The third-order valence-corrected chi connectivity index (χ3v) is 3.71. The van der Waals surface area contributed by atoms with Crippen molar-refractivity contribution in [1.82, 2.24) is 4.90 Å². The van der Waals surface area contributed by atoms with Gasteiger partial charge in [-0.25, -0.2) is 0 Å². The van der Waals surface area contributed by atoms with Gasteiger partial charge in [-0.1, -0.05) is 13.8 Å². The number of primary amides is 1. The number of carbonyl (C=O) groups excluding carboxylic acids is 2. The first kappa shape index (κ1) is 15.5. The number of nitrogens with two attached hydrogens (primary N) is 1. The van der Waals surface area contributed by atoms with Crippen LogP contribution in [0.15, 0.2) is 0 Å². The maximum atomic E-state index is 12.5. The number of carboxylic acid groups (broad SMARTS) is 1. The summed E-state index contributed by atoms with van der Waals surface area (Å²) in [6.45, 7) is 5.88. The molecule has 2 amide bonds. The summed E-state index contributed by atoms with van der Waals surface area (Å²) in [5.74, 6) is -1.59. The lowest BCUT2D eigenvalue weighted by molar-refractivity contribution is -0.149. The van der Waals surface area contributed by atoms with Crippen LogP contribution >= 0.6 is 0 Å². The van der Waals surface area contributed by atoms with Gasteiger partial charge in [0.15, 0.2) is 0 Å². The molecular formula is C13H22N2O4. The van der Waals surface area contributed by atoms with Gasteiger partial charge in [0.05, 0.1) is 11.8 Å². The van der Waals surface area contributed by atoms with E-state index in [0.717, 1.165) is 0 Å². The average Bonchev–Trinajstić information content (AvgIpc) is 2.53. The molecule has 1 aliphatic rings. The third-order valence-electron chi connectivity index (χ3n) is 3.71. The minimum atomic E-state index is -0.984. The van der Waals surface area contributed by atoms with Crippen molar-refractivity contribution in [2.75, 3.05) is 6.54 Å². The minimum Gasteiger partial charge on any atom is -0.481 e. The molecule has 1 saturated heterocycles. The smallest absolute Gasteiger partial charge is 0.304 e. The molecule has 0 bridgehead atoms. The number of rotatable bonds is 6. The van der Waals surface area contributed by atoms with Gasteiger partial charge in [-0.2, -0.15) is 0 Å². The first-order valence-corrected chi connectivity index (χ1v) is 6.52. The molecular weight excluding hydrogens is 248 g/mol. The normalized spacial score (nSPS) is 24.8. The summed E-state index contributed by atoms with van der Waals surface area (Å²) in [6, 6.07) is -0.685. The van der Waals surface area contributed by atoms with Crippen LogP contribution in [0.3, 0.4) is 0 Å². The molecule has 1 heterocycles. The van der Waals surface area contributed by atoms with E-state index in [4.69, 9.17) is 10.8 Å². The Hall–Kier alpha value is -1.59. The first-order valence-electron chi connectivity index (χ1n) is 6.52. The lowest BCUT2D eigenvalue weighted by Crippen LogP contribution is -2.46. The molecule has 0 radical (unpaired) electrons. The number of carboxylic acids is 1. The van der Waals surface area contributed by atoms with E-state index < -0.39 is 23.3 Å². The van der Waals surface area contributed by atoms with Crippen LogP contribution in [0.4, 0.5) is 0 Å². The summed E-state index contributed by atoms with van der Waals surface area (Å²) in [6.07, 6.45) is 0.792. The van der Waals surface area contributed by atoms with Crippen LogP contribution in [-0.4, -0.2) is 40.4 Å². The Balaban J connectivity index is 2.98. The first-order chi connectivity index (χ1) is 8.69. The Bertz CT molecular complexity index is 394. The van der Waals surface area contributed by atoms with Gasteiger partial charge in [0.1, 0.15) is 6.04 Å². The second-order valence-electron chi connectivity index (χ2n) is 5.78. The van der Waals surface area contributed by atoms with Gasteiger partial charge in [0, 0.05) is 6.54 Å². The van der Waals surface area contributed by atoms with Crippen molar-refractivity contribution < 1.29 is 19.5 Å². The molecule has 2 unspecified atom stereocenters. The molecule has 1 fully saturated rings. The van der Waals surface area contributed by atoms with Crippen molar-refractivity contribution in [3.63, 3.8) is 0 Å². The fourth-order valence-electron chi connectivity index (χ4n) is 2.87. The van der Waals surface area contributed by atoms with Gasteiger partial charge < -0.3 is 15.7 Å². The molecule has 1 aliphatic heterocycles. The zero-order valence-electron chi connectivity index (χ0n) is 11.7. The molecule has 6 nitrogen and oxygen atoms in total. The van der Waals surface area contributed by atoms with Crippen LogP contribution < -0.4 is 5.73 Å². The molecule has 108 valence electrons. The second kappa shape index (κ2) is 5.59. The van der Waals surface area contributed by atoms with Crippen molar-refractivity contribution >= 4 is 17.8 Å². The summed E-state index contributed by atoms with van der Waals surface area (Å²) in [5, 5.41) is 9.04. The van der Waals surface area contributed by atoms with Gasteiger partial charge >= 0.3 is 5.97 Å². The standard InChI is InChI=1S/C13H22N2O4/c1-8(2)6-13(7-10(16)17)4-5-15(12(13)19)9(3)11(14)18/h8-9H,4-7H2,1-3H3,(H2,14,18)(H,16,17). The van der Waals surface area contributed by atoms with E-state index in [1.807, 2.05) is 13.8 Å². The quantitative estimate of drug-likeness (QED) is 0.738. The molecule has 3 N–H and O–H groups in total. The Morgan fingerprint density at radius 3 is 2.42 bits per heavy atom. The predicted octanol–water partition coefficient (Wildman–Crippen LogP) is 0.600. The number of amides is 2. The molecule has 0 aromatic heterocycles. The monoisotopic (exact) mass is 270 g/mol. The average molecular weight is 270 g/mol. The van der Waals surface area contributed by atoms with Gasteiger partial charge in [-0.05, 0) is 25.7 Å². The highest BCUT2D eigenvalue weighted by atomic mass is 16.4. The largest absolute Gasteiger partial charge is 0.481 e. The highest BCUT2D eigenvalue weighted by molar-refractivity contribution is 5.92. The van der Waals surface area contributed by atoms with Crippen LogP contribution in [0.5, 0.6) is 0 Å². The fraction of sp³-hybridized carbons (Fsp3) is 0.769. The molecule has 0 saturated carbocycles.